The summed E-state index contributed by atoms with van der Waals surface area (Å²) >= 11 is 0. The Hall–Kier alpha value is -0.130. The van der Waals surface area contributed by atoms with E-state index in [-0.39, 0.29) is 5.75 Å². The van der Waals surface area contributed by atoms with Crippen molar-refractivity contribution in [3.05, 3.63) is 0 Å². The van der Waals surface area contributed by atoms with Gasteiger partial charge in [0.1, 0.15) is 0 Å². The quantitative estimate of drug-likeness (QED) is 0.675. The number of hydrogen-bond acceptors (Lipinski definition) is 4. The van der Waals surface area contributed by atoms with Gasteiger partial charge in [-0.3, -0.25) is 0 Å². The van der Waals surface area contributed by atoms with Gasteiger partial charge >= 0.3 is 0 Å². The normalized spacial score (nSPS) is 13.3. The molecule has 4 nitrogen and oxygen atoms in total. The van der Waals surface area contributed by atoms with Crippen LogP contribution >= 0.6 is 0 Å². The minimum Gasteiger partial charge on any atom is -0.380 e. The van der Waals surface area contributed by atoms with Crippen LogP contribution in [0.3, 0.4) is 0 Å². The summed E-state index contributed by atoms with van der Waals surface area (Å²) in [4.78, 5) is 0. The van der Waals surface area contributed by atoms with Gasteiger partial charge in [0.25, 0.3) is 0 Å². The van der Waals surface area contributed by atoms with Gasteiger partial charge in [-0.1, -0.05) is 13.8 Å². The number of sulfone groups is 1. The molecule has 0 amide bonds. The molecule has 5 heteroatoms. The van der Waals surface area contributed by atoms with Crippen molar-refractivity contribution < 1.29 is 13.2 Å². The molecule has 0 unspecified atom stereocenters. The molecule has 0 aromatic heterocycles. The van der Waals surface area contributed by atoms with Crippen LogP contribution in [0.2, 0.25) is 0 Å². The summed E-state index contributed by atoms with van der Waals surface area (Å²) in [6.07, 6.45) is 0. The number of nitrogens with one attached hydrogen (secondary N) is 1. The third-order valence-electron chi connectivity index (χ3n) is 2.35. The zero-order chi connectivity index (χ0) is 13.5. The number of rotatable bonds is 8. The Bertz CT molecular complexity index is 291. The SMILES string of the molecule is CC(C)COCCNCCS(=O)(=O)C(C)(C)C. The molecule has 0 aromatic carbocycles. The molecule has 0 spiro atoms. The van der Waals surface area contributed by atoms with Crippen LogP contribution in [-0.2, 0) is 14.6 Å². The molecule has 0 aliphatic carbocycles. The second kappa shape index (κ2) is 7.34. The van der Waals surface area contributed by atoms with Gasteiger partial charge in [0.2, 0.25) is 0 Å². The Labute approximate surface area is 106 Å². The second-order valence-electron chi connectivity index (χ2n) is 5.65. The molecule has 0 aromatic rings. The minimum atomic E-state index is -3.01. The average molecular weight is 265 g/mol. The number of ether oxygens (including phenoxy) is 1. The van der Waals surface area contributed by atoms with E-state index >= 15 is 0 Å². The summed E-state index contributed by atoms with van der Waals surface area (Å²) in [5.74, 6) is 0.719. The van der Waals surface area contributed by atoms with Crippen LogP contribution in [0, 0.1) is 5.92 Å². The second-order valence-corrected chi connectivity index (χ2v) is 8.51. The molecule has 0 atom stereocenters. The van der Waals surface area contributed by atoms with Crippen LogP contribution in [0.15, 0.2) is 0 Å². The van der Waals surface area contributed by atoms with E-state index < -0.39 is 14.6 Å². The average Bonchev–Trinajstić information content (AvgIpc) is 2.13. The number of hydrogen-bond donors (Lipinski definition) is 1. The topological polar surface area (TPSA) is 55.4 Å². The van der Waals surface area contributed by atoms with Gasteiger partial charge in [0.05, 0.1) is 17.1 Å². The van der Waals surface area contributed by atoms with E-state index in [9.17, 15) is 8.42 Å². The van der Waals surface area contributed by atoms with Crippen molar-refractivity contribution in [2.45, 2.75) is 39.4 Å². The Morgan fingerprint density at radius 1 is 1.18 bits per heavy atom. The zero-order valence-corrected chi connectivity index (χ0v) is 12.6. The monoisotopic (exact) mass is 265 g/mol. The molecule has 0 radical (unpaired) electrons. The summed E-state index contributed by atoms with van der Waals surface area (Å²) in [6.45, 7) is 12.0. The van der Waals surface area contributed by atoms with E-state index in [1.165, 1.54) is 0 Å². The Morgan fingerprint density at radius 2 is 1.76 bits per heavy atom. The molecular formula is C12H27NO3S. The summed E-state index contributed by atoms with van der Waals surface area (Å²) in [5, 5.41) is 3.08. The highest BCUT2D eigenvalue weighted by Gasteiger charge is 2.27. The van der Waals surface area contributed by atoms with Gasteiger partial charge in [-0.25, -0.2) is 8.42 Å². The Morgan fingerprint density at radius 3 is 2.24 bits per heavy atom. The van der Waals surface area contributed by atoms with Crippen molar-refractivity contribution in [3.8, 4) is 0 Å². The predicted octanol–water partition coefficient (Wildman–Crippen LogP) is 1.46. The molecule has 0 rings (SSSR count). The molecule has 0 saturated carbocycles. The first-order valence-corrected chi connectivity index (χ1v) is 7.83. The fraction of sp³-hybridized carbons (Fsp3) is 1.00. The lowest BCUT2D eigenvalue weighted by Crippen LogP contribution is -2.35. The highest BCUT2D eigenvalue weighted by molar-refractivity contribution is 7.92. The lowest BCUT2D eigenvalue weighted by molar-refractivity contribution is 0.112. The van der Waals surface area contributed by atoms with E-state index in [1.54, 1.807) is 20.8 Å². The van der Waals surface area contributed by atoms with Crippen molar-refractivity contribution in [1.82, 2.24) is 5.32 Å². The Balaban J connectivity index is 3.60. The van der Waals surface area contributed by atoms with E-state index in [0.717, 1.165) is 6.61 Å². The smallest absolute Gasteiger partial charge is 0.156 e. The minimum absolute atomic E-state index is 0.181. The van der Waals surface area contributed by atoms with Crippen LogP contribution in [-0.4, -0.2) is 45.2 Å². The van der Waals surface area contributed by atoms with Gasteiger partial charge in [-0.2, -0.15) is 0 Å². The van der Waals surface area contributed by atoms with Gasteiger partial charge in [0.15, 0.2) is 9.84 Å². The van der Waals surface area contributed by atoms with E-state index in [0.29, 0.717) is 25.6 Å². The molecule has 0 saturated heterocycles. The van der Waals surface area contributed by atoms with Crippen molar-refractivity contribution in [2.24, 2.45) is 5.92 Å². The van der Waals surface area contributed by atoms with Crippen molar-refractivity contribution in [3.63, 3.8) is 0 Å². The first-order chi connectivity index (χ1) is 7.67. The molecule has 104 valence electrons. The summed E-state index contributed by atoms with van der Waals surface area (Å²) < 4.78 is 28.2. The maximum absolute atomic E-state index is 11.8. The molecule has 0 bridgehead atoms. The van der Waals surface area contributed by atoms with Crippen LogP contribution in [0.1, 0.15) is 34.6 Å². The first-order valence-electron chi connectivity index (χ1n) is 6.17. The van der Waals surface area contributed by atoms with E-state index in [1.807, 2.05) is 0 Å². The summed E-state index contributed by atoms with van der Waals surface area (Å²) in [5.41, 5.74) is 0. The van der Waals surface area contributed by atoms with Crippen LogP contribution in [0.5, 0.6) is 0 Å². The molecule has 0 aliphatic rings. The predicted molar refractivity (Wildman–Crippen MR) is 72.1 cm³/mol. The maximum atomic E-state index is 11.8. The first kappa shape index (κ1) is 16.9. The zero-order valence-electron chi connectivity index (χ0n) is 11.7. The van der Waals surface area contributed by atoms with Gasteiger partial charge < -0.3 is 10.1 Å². The Kier molecular flexibility index (Phi) is 7.28. The fourth-order valence-electron chi connectivity index (χ4n) is 1.10. The van der Waals surface area contributed by atoms with Crippen molar-refractivity contribution in [2.75, 3.05) is 32.1 Å². The van der Waals surface area contributed by atoms with E-state index in [4.69, 9.17) is 4.74 Å². The maximum Gasteiger partial charge on any atom is 0.156 e. The molecule has 0 fully saturated rings. The highest BCUT2D eigenvalue weighted by atomic mass is 32.2. The van der Waals surface area contributed by atoms with Crippen LogP contribution in [0.4, 0.5) is 0 Å². The van der Waals surface area contributed by atoms with Gasteiger partial charge in [0, 0.05) is 19.7 Å². The van der Waals surface area contributed by atoms with Gasteiger partial charge in [-0.15, -0.1) is 0 Å². The third kappa shape index (κ3) is 7.73. The molecular weight excluding hydrogens is 238 g/mol. The lowest BCUT2D eigenvalue weighted by atomic mass is 10.2. The van der Waals surface area contributed by atoms with Crippen molar-refractivity contribution >= 4 is 9.84 Å². The highest BCUT2D eigenvalue weighted by Crippen LogP contribution is 2.14. The van der Waals surface area contributed by atoms with Crippen LogP contribution < -0.4 is 5.32 Å². The summed E-state index contributed by atoms with van der Waals surface area (Å²) in [7, 11) is -3.01. The summed E-state index contributed by atoms with van der Waals surface area (Å²) in [6, 6.07) is 0. The lowest BCUT2D eigenvalue weighted by Gasteiger charge is -2.19. The molecule has 0 heterocycles. The van der Waals surface area contributed by atoms with Crippen LogP contribution in [0.25, 0.3) is 0 Å². The molecule has 1 N–H and O–H groups in total. The largest absolute Gasteiger partial charge is 0.380 e. The third-order valence-corrected chi connectivity index (χ3v) is 4.96. The fourth-order valence-corrected chi connectivity index (χ4v) is 2.13. The van der Waals surface area contributed by atoms with E-state index in [2.05, 4.69) is 19.2 Å². The molecule has 17 heavy (non-hydrogen) atoms. The van der Waals surface area contributed by atoms with Gasteiger partial charge in [-0.05, 0) is 26.7 Å². The van der Waals surface area contributed by atoms with Crippen molar-refractivity contribution in [1.29, 1.82) is 0 Å². The standard InChI is InChI=1S/C12H27NO3S/c1-11(2)10-16-8-6-13-7-9-17(14,15)12(3,4)5/h11,13H,6-10H2,1-5H3. The molecule has 0 aliphatic heterocycles.